The highest BCUT2D eigenvalue weighted by Crippen LogP contribution is 2.06. The van der Waals surface area contributed by atoms with E-state index >= 15 is 0 Å². The van der Waals surface area contributed by atoms with E-state index in [0.29, 0.717) is 12.0 Å². The van der Waals surface area contributed by atoms with Gasteiger partial charge in [-0.3, -0.25) is 18.9 Å². The van der Waals surface area contributed by atoms with Crippen LogP contribution in [0.15, 0.2) is 24.3 Å². The Hall–Kier alpha value is -2.30. The highest BCUT2D eigenvalue weighted by Gasteiger charge is 2.25. The first-order valence-electron chi connectivity index (χ1n) is 8.89. The number of benzene rings is 1. The first-order chi connectivity index (χ1) is 13.0. The third-order valence-corrected chi connectivity index (χ3v) is 4.49. The van der Waals surface area contributed by atoms with Gasteiger partial charge in [0.1, 0.15) is 6.04 Å². The minimum Gasteiger partial charge on any atom is -0.350 e. The standard InChI is InChI=1S/C18H27N3O6S/c1-4-16(22)14-7-5-13(6-8-14)9-19-17(23)10-20-18(24)15(21-12(2)3)11-28(25,26)27/h5-8,12,15,21H,4,9-11H2,1-3H3,(H,19,23)(H,20,24)(H,25,26,27). The Kier molecular flexibility index (Phi) is 9.23. The number of hydrogen-bond acceptors (Lipinski definition) is 6. The zero-order chi connectivity index (χ0) is 21.3. The van der Waals surface area contributed by atoms with Crippen molar-refractivity contribution in [1.29, 1.82) is 0 Å². The zero-order valence-electron chi connectivity index (χ0n) is 16.2. The van der Waals surface area contributed by atoms with Crippen LogP contribution < -0.4 is 16.0 Å². The lowest BCUT2D eigenvalue weighted by Gasteiger charge is -2.19. The summed E-state index contributed by atoms with van der Waals surface area (Å²) in [6, 6.07) is 5.46. The van der Waals surface area contributed by atoms with Gasteiger partial charge in [0.05, 0.1) is 12.3 Å². The first kappa shape index (κ1) is 23.7. The molecular weight excluding hydrogens is 386 g/mol. The topological polar surface area (TPSA) is 142 Å². The van der Waals surface area contributed by atoms with Gasteiger partial charge in [-0.25, -0.2) is 0 Å². The number of rotatable bonds is 11. The fraction of sp³-hybridized carbons (Fsp3) is 0.500. The summed E-state index contributed by atoms with van der Waals surface area (Å²) in [7, 11) is -4.36. The maximum absolute atomic E-state index is 12.1. The number of carbonyl (C=O) groups is 3. The van der Waals surface area contributed by atoms with E-state index in [9.17, 15) is 22.8 Å². The molecule has 0 radical (unpaired) electrons. The molecule has 4 N–H and O–H groups in total. The molecule has 156 valence electrons. The molecule has 9 nitrogen and oxygen atoms in total. The highest BCUT2D eigenvalue weighted by molar-refractivity contribution is 7.85. The Labute approximate surface area is 165 Å². The summed E-state index contributed by atoms with van der Waals surface area (Å²) in [5.74, 6) is -1.92. The van der Waals surface area contributed by atoms with Crippen LogP contribution in [0.3, 0.4) is 0 Å². The molecule has 0 fully saturated rings. The lowest BCUT2D eigenvalue weighted by Crippen LogP contribution is -2.52. The second-order valence-corrected chi connectivity index (χ2v) is 8.09. The number of nitrogens with one attached hydrogen (secondary N) is 3. The molecule has 0 saturated heterocycles. The predicted molar refractivity (Wildman–Crippen MR) is 104 cm³/mol. The summed E-state index contributed by atoms with van der Waals surface area (Å²) in [5.41, 5.74) is 1.39. The second-order valence-electron chi connectivity index (χ2n) is 6.59. The van der Waals surface area contributed by atoms with Crippen LogP contribution >= 0.6 is 0 Å². The van der Waals surface area contributed by atoms with Gasteiger partial charge in [0.25, 0.3) is 10.1 Å². The molecule has 0 aromatic heterocycles. The molecule has 0 heterocycles. The molecule has 0 aliphatic carbocycles. The minimum atomic E-state index is -4.36. The fourth-order valence-corrected chi connectivity index (χ4v) is 3.05. The Morgan fingerprint density at radius 3 is 2.18 bits per heavy atom. The van der Waals surface area contributed by atoms with Gasteiger partial charge in [-0.2, -0.15) is 8.42 Å². The molecule has 2 amide bonds. The van der Waals surface area contributed by atoms with Crippen LogP contribution in [-0.4, -0.2) is 54.9 Å². The van der Waals surface area contributed by atoms with Crippen molar-refractivity contribution in [3.63, 3.8) is 0 Å². The van der Waals surface area contributed by atoms with Gasteiger partial charge in [0.2, 0.25) is 11.8 Å². The van der Waals surface area contributed by atoms with Crippen LogP contribution in [0.25, 0.3) is 0 Å². The molecule has 1 aromatic rings. The molecule has 1 rings (SSSR count). The average molecular weight is 413 g/mol. The maximum atomic E-state index is 12.1. The van der Waals surface area contributed by atoms with Gasteiger partial charge in [-0.05, 0) is 5.56 Å². The average Bonchev–Trinajstić information content (AvgIpc) is 2.62. The summed E-state index contributed by atoms with van der Waals surface area (Å²) in [4.78, 5) is 35.6. The van der Waals surface area contributed by atoms with Crippen molar-refractivity contribution in [1.82, 2.24) is 16.0 Å². The molecule has 0 aliphatic heterocycles. The SMILES string of the molecule is CCC(=O)c1ccc(CNC(=O)CNC(=O)C(CS(=O)(=O)O)NC(C)C)cc1. The molecule has 0 saturated carbocycles. The van der Waals surface area contributed by atoms with Gasteiger partial charge in [-0.1, -0.05) is 45.0 Å². The van der Waals surface area contributed by atoms with Crippen molar-refractivity contribution in [2.24, 2.45) is 0 Å². The quantitative estimate of drug-likeness (QED) is 0.301. The molecule has 0 bridgehead atoms. The van der Waals surface area contributed by atoms with Crippen LogP contribution in [0.5, 0.6) is 0 Å². The van der Waals surface area contributed by atoms with E-state index in [-0.39, 0.29) is 24.9 Å². The summed E-state index contributed by atoms with van der Waals surface area (Å²) in [6.07, 6.45) is 0.417. The summed E-state index contributed by atoms with van der Waals surface area (Å²) in [6.45, 7) is 5.09. The smallest absolute Gasteiger partial charge is 0.266 e. The third kappa shape index (κ3) is 9.07. The van der Waals surface area contributed by atoms with Crippen LogP contribution in [0, 0.1) is 0 Å². The molecule has 1 unspecified atom stereocenters. The number of ketones is 1. The largest absolute Gasteiger partial charge is 0.350 e. The lowest BCUT2D eigenvalue weighted by atomic mass is 10.1. The van der Waals surface area contributed by atoms with Crippen LogP contribution in [0.4, 0.5) is 0 Å². The van der Waals surface area contributed by atoms with Gasteiger partial charge in [-0.15, -0.1) is 0 Å². The van der Waals surface area contributed by atoms with Crippen molar-refractivity contribution in [2.75, 3.05) is 12.3 Å². The number of amides is 2. The summed E-state index contributed by atoms with van der Waals surface area (Å²) < 4.78 is 31.1. The van der Waals surface area contributed by atoms with E-state index in [2.05, 4.69) is 16.0 Å². The molecule has 1 atom stereocenters. The van der Waals surface area contributed by atoms with Crippen molar-refractivity contribution >= 4 is 27.7 Å². The number of carbonyl (C=O) groups excluding carboxylic acids is 3. The normalized spacial score (nSPS) is 12.5. The lowest BCUT2D eigenvalue weighted by molar-refractivity contribution is -0.127. The van der Waals surface area contributed by atoms with Crippen molar-refractivity contribution in [3.05, 3.63) is 35.4 Å². The zero-order valence-corrected chi connectivity index (χ0v) is 17.0. The summed E-state index contributed by atoms with van der Waals surface area (Å²) in [5, 5.41) is 7.69. The Balaban J connectivity index is 2.51. The maximum Gasteiger partial charge on any atom is 0.266 e. The van der Waals surface area contributed by atoms with Gasteiger partial charge in [0, 0.05) is 24.6 Å². The second kappa shape index (κ2) is 10.9. The van der Waals surface area contributed by atoms with E-state index in [4.69, 9.17) is 4.55 Å². The van der Waals surface area contributed by atoms with Crippen LogP contribution in [-0.2, 0) is 26.3 Å². The molecular formula is C18H27N3O6S. The molecule has 1 aromatic carbocycles. The van der Waals surface area contributed by atoms with Crippen LogP contribution in [0.2, 0.25) is 0 Å². The number of Topliss-reactive ketones (excluding diaryl/α,β-unsaturated/α-hetero) is 1. The molecule has 10 heteroatoms. The van der Waals surface area contributed by atoms with Crippen molar-refractivity contribution in [3.8, 4) is 0 Å². The van der Waals surface area contributed by atoms with Crippen molar-refractivity contribution in [2.45, 2.75) is 45.8 Å². The van der Waals surface area contributed by atoms with Crippen molar-refractivity contribution < 1.29 is 27.4 Å². The van der Waals surface area contributed by atoms with E-state index in [1.165, 1.54) is 0 Å². The third-order valence-electron chi connectivity index (χ3n) is 3.74. The Bertz CT molecular complexity index is 790. The molecule has 0 spiro atoms. The van der Waals surface area contributed by atoms with Gasteiger partial charge >= 0.3 is 0 Å². The van der Waals surface area contributed by atoms with Crippen LogP contribution in [0.1, 0.15) is 43.1 Å². The highest BCUT2D eigenvalue weighted by atomic mass is 32.2. The first-order valence-corrected chi connectivity index (χ1v) is 10.5. The molecule has 28 heavy (non-hydrogen) atoms. The Morgan fingerprint density at radius 1 is 1.07 bits per heavy atom. The number of hydrogen-bond donors (Lipinski definition) is 4. The van der Waals surface area contributed by atoms with E-state index < -0.39 is 33.7 Å². The fourth-order valence-electron chi connectivity index (χ4n) is 2.38. The predicted octanol–water partition coefficient (Wildman–Crippen LogP) is 0.266. The Morgan fingerprint density at radius 2 is 1.68 bits per heavy atom. The van der Waals surface area contributed by atoms with E-state index in [0.717, 1.165) is 5.56 Å². The van der Waals surface area contributed by atoms with Gasteiger partial charge < -0.3 is 16.0 Å². The van der Waals surface area contributed by atoms with Gasteiger partial charge in [0.15, 0.2) is 5.78 Å². The van der Waals surface area contributed by atoms with E-state index in [1.807, 2.05) is 0 Å². The van der Waals surface area contributed by atoms with E-state index in [1.54, 1.807) is 45.0 Å². The summed E-state index contributed by atoms with van der Waals surface area (Å²) >= 11 is 0. The molecule has 0 aliphatic rings. The monoisotopic (exact) mass is 413 g/mol. The minimum absolute atomic E-state index is 0.0350.